The van der Waals surface area contributed by atoms with Crippen LogP contribution in [0.25, 0.3) is 0 Å². The van der Waals surface area contributed by atoms with Crippen LogP contribution in [0.15, 0.2) is 24.3 Å². The molecule has 0 amide bonds. The predicted molar refractivity (Wildman–Crippen MR) is 91.5 cm³/mol. The fraction of sp³-hybridized carbons (Fsp3) is 0.235. The van der Waals surface area contributed by atoms with Crippen LogP contribution in [0.5, 0.6) is 0 Å². The van der Waals surface area contributed by atoms with E-state index in [0.29, 0.717) is 24.3 Å². The third-order valence-electron chi connectivity index (χ3n) is 3.83. The van der Waals surface area contributed by atoms with Crippen LogP contribution in [0.2, 0.25) is 0 Å². The number of alkyl halides is 8. The molecule has 0 fully saturated rings. The van der Waals surface area contributed by atoms with Crippen molar-refractivity contribution >= 4 is 37.6 Å². The summed E-state index contributed by atoms with van der Waals surface area (Å²) in [5, 5.41) is -1.26. The molecule has 28 heavy (non-hydrogen) atoms. The van der Waals surface area contributed by atoms with E-state index in [0.717, 1.165) is 0 Å². The molecule has 0 aliphatic rings. The lowest BCUT2D eigenvalue weighted by Gasteiger charge is -2.20. The summed E-state index contributed by atoms with van der Waals surface area (Å²) in [6.07, 6.45) is -10.4. The Bertz CT molecular complexity index is 845. The van der Waals surface area contributed by atoms with Crippen LogP contribution in [0, 0.1) is 11.6 Å². The van der Waals surface area contributed by atoms with Gasteiger partial charge in [-0.2, -0.15) is 26.3 Å². The summed E-state index contributed by atoms with van der Waals surface area (Å²) in [5.41, 5.74) is -7.55. The van der Waals surface area contributed by atoms with Gasteiger partial charge in [-0.25, -0.2) is 8.78 Å². The number of ketones is 1. The molecule has 11 heteroatoms. The fourth-order valence-corrected chi connectivity index (χ4v) is 3.77. The number of hydrogen-bond donors (Lipinski definition) is 0. The topological polar surface area (TPSA) is 17.1 Å². The van der Waals surface area contributed by atoms with Crippen molar-refractivity contribution in [1.29, 1.82) is 0 Å². The lowest BCUT2D eigenvalue weighted by atomic mass is 9.90. The van der Waals surface area contributed by atoms with Crippen LogP contribution >= 0.6 is 31.9 Å². The van der Waals surface area contributed by atoms with Gasteiger partial charge in [0.1, 0.15) is 11.6 Å². The number of hydrogen-bond acceptors (Lipinski definition) is 1. The van der Waals surface area contributed by atoms with Crippen molar-refractivity contribution in [2.75, 3.05) is 0 Å². The maximum Gasteiger partial charge on any atom is 0.417 e. The van der Waals surface area contributed by atoms with Gasteiger partial charge < -0.3 is 0 Å². The maximum absolute atomic E-state index is 13.8. The van der Waals surface area contributed by atoms with Crippen LogP contribution in [-0.4, -0.2) is 5.78 Å². The van der Waals surface area contributed by atoms with E-state index < -0.39 is 73.8 Å². The molecule has 2 rings (SSSR count). The van der Waals surface area contributed by atoms with Gasteiger partial charge in [-0.3, -0.25) is 4.79 Å². The molecule has 0 aromatic heterocycles. The third kappa shape index (κ3) is 4.24. The lowest BCUT2D eigenvalue weighted by Crippen LogP contribution is -2.21. The Balaban J connectivity index is 2.86. The Morgan fingerprint density at radius 1 is 0.714 bits per heavy atom. The van der Waals surface area contributed by atoms with Crippen LogP contribution in [0.1, 0.15) is 38.2 Å². The van der Waals surface area contributed by atoms with E-state index in [1.807, 2.05) is 0 Å². The second-order valence-electron chi connectivity index (χ2n) is 5.49. The lowest BCUT2D eigenvalue weighted by molar-refractivity contribution is -0.138. The molecule has 0 saturated heterocycles. The molecule has 0 bridgehead atoms. The van der Waals surface area contributed by atoms with E-state index in [-0.39, 0.29) is 0 Å². The van der Waals surface area contributed by atoms with E-state index >= 15 is 0 Å². The van der Waals surface area contributed by atoms with Crippen molar-refractivity contribution in [1.82, 2.24) is 0 Å². The van der Waals surface area contributed by atoms with Gasteiger partial charge in [0, 0.05) is 32.9 Å². The average Bonchev–Trinajstić information content (AvgIpc) is 2.58. The fourth-order valence-electron chi connectivity index (χ4n) is 2.68. The molecule has 0 atom stereocenters. The number of carbonyl (C=O) groups excluding carboxylic acids is 1. The van der Waals surface area contributed by atoms with Gasteiger partial charge in [-0.1, -0.05) is 31.9 Å². The zero-order chi connectivity index (χ0) is 21.4. The molecule has 0 unspecified atom stereocenters. The maximum atomic E-state index is 13.8. The highest BCUT2D eigenvalue weighted by Crippen LogP contribution is 2.41. The Morgan fingerprint density at radius 3 is 1.29 bits per heavy atom. The molecule has 0 spiro atoms. The van der Waals surface area contributed by atoms with Crippen molar-refractivity contribution in [3.05, 3.63) is 69.3 Å². The predicted octanol–water partition coefficient (Wildman–Crippen LogP) is 7.02. The molecule has 0 N–H and O–H groups in total. The number of benzene rings is 2. The molecule has 2 aromatic carbocycles. The monoisotopic (exact) mass is 538 g/mol. The summed E-state index contributed by atoms with van der Waals surface area (Å²) < 4.78 is 108. The molecule has 0 saturated carbocycles. The average molecular weight is 540 g/mol. The summed E-state index contributed by atoms with van der Waals surface area (Å²) >= 11 is 5.37. The van der Waals surface area contributed by atoms with E-state index in [2.05, 4.69) is 31.9 Å². The van der Waals surface area contributed by atoms with Crippen LogP contribution in [-0.2, 0) is 23.0 Å². The second-order valence-corrected chi connectivity index (χ2v) is 6.61. The summed E-state index contributed by atoms with van der Waals surface area (Å²) in [4.78, 5) is 12.7. The normalized spacial score (nSPS) is 12.4. The van der Waals surface area contributed by atoms with Gasteiger partial charge in [0.05, 0.1) is 11.1 Å². The summed E-state index contributed by atoms with van der Waals surface area (Å²) in [5.74, 6) is -4.21. The minimum absolute atomic E-state index is 0.462. The Hall–Kier alpha value is -1.49. The summed E-state index contributed by atoms with van der Waals surface area (Å²) in [6.45, 7) is 0. The highest BCUT2D eigenvalue weighted by atomic mass is 79.9. The Labute approximate surface area is 170 Å². The Kier molecular flexibility index (Phi) is 6.59. The zero-order valence-corrected chi connectivity index (χ0v) is 16.6. The van der Waals surface area contributed by atoms with Gasteiger partial charge in [0.25, 0.3) is 0 Å². The minimum Gasteiger partial charge on any atom is -0.289 e. The molecule has 152 valence electrons. The molecular formula is C17H8Br2F8O. The van der Waals surface area contributed by atoms with E-state index in [4.69, 9.17) is 0 Å². The van der Waals surface area contributed by atoms with Crippen molar-refractivity contribution in [2.45, 2.75) is 23.0 Å². The summed E-state index contributed by atoms with van der Waals surface area (Å²) in [6, 6.07) is 2.04. The van der Waals surface area contributed by atoms with Gasteiger partial charge in [-0.05, 0) is 24.3 Å². The molecule has 2 aromatic rings. The second kappa shape index (κ2) is 8.10. The molecule has 0 aliphatic carbocycles. The van der Waals surface area contributed by atoms with E-state index in [9.17, 15) is 39.9 Å². The first-order chi connectivity index (χ1) is 12.8. The van der Waals surface area contributed by atoms with Crippen LogP contribution in [0.3, 0.4) is 0 Å². The minimum atomic E-state index is -5.22. The van der Waals surface area contributed by atoms with Crippen LogP contribution in [0.4, 0.5) is 35.1 Å². The number of rotatable bonds is 4. The zero-order valence-electron chi connectivity index (χ0n) is 13.4. The van der Waals surface area contributed by atoms with Crippen molar-refractivity contribution in [3.63, 3.8) is 0 Å². The smallest absolute Gasteiger partial charge is 0.289 e. The summed E-state index contributed by atoms with van der Waals surface area (Å²) in [7, 11) is 0. The van der Waals surface area contributed by atoms with Crippen molar-refractivity contribution < 1.29 is 39.9 Å². The molecule has 1 nitrogen and oxygen atoms in total. The van der Waals surface area contributed by atoms with Crippen LogP contribution < -0.4 is 0 Å². The highest BCUT2D eigenvalue weighted by molar-refractivity contribution is 9.08. The van der Waals surface area contributed by atoms with Gasteiger partial charge >= 0.3 is 12.4 Å². The van der Waals surface area contributed by atoms with E-state index in [1.165, 1.54) is 0 Å². The molecule has 0 radical (unpaired) electrons. The molecular weight excluding hydrogens is 532 g/mol. The first-order valence-corrected chi connectivity index (χ1v) is 9.52. The first-order valence-electron chi connectivity index (χ1n) is 7.28. The van der Waals surface area contributed by atoms with Crippen molar-refractivity contribution in [3.8, 4) is 0 Å². The van der Waals surface area contributed by atoms with Gasteiger partial charge in [0.2, 0.25) is 0 Å². The van der Waals surface area contributed by atoms with Gasteiger partial charge in [0.15, 0.2) is 5.78 Å². The Morgan fingerprint density at radius 2 is 1.04 bits per heavy atom. The number of carbonyl (C=O) groups is 1. The highest BCUT2D eigenvalue weighted by Gasteiger charge is 2.42. The van der Waals surface area contributed by atoms with Crippen molar-refractivity contribution in [2.24, 2.45) is 0 Å². The molecule has 0 aliphatic heterocycles. The van der Waals surface area contributed by atoms with E-state index in [1.54, 1.807) is 0 Å². The number of halogens is 10. The molecule has 0 heterocycles. The quantitative estimate of drug-likeness (QED) is 0.232. The largest absolute Gasteiger partial charge is 0.417 e. The SMILES string of the molecule is O=C(c1ccc(F)c(CBr)c1C(F)(F)F)c1ccc(F)c(CBr)c1C(F)(F)F. The standard InChI is InChI=1S/C17H8Br2F8O/c18-5-9-11(20)3-1-7(13(9)16(22,23)24)15(28)8-2-4-12(21)10(6-19)14(8)17(25,26)27/h1-4H,5-6H2. The first kappa shape index (κ1) is 22.8. The van der Waals surface area contributed by atoms with Gasteiger partial charge in [-0.15, -0.1) is 0 Å². The third-order valence-corrected chi connectivity index (χ3v) is 4.96.